The van der Waals surface area contributed by atoms with Gasteiger partial charge in [-0.25, -0.2) is 0 Å². The van der Waals surface area contributed by atoms with Gasteiger partial charge in [0.05, 0.1) is 11.1 Å². The summed E-state index contributed by atoms with van der Waals surface area (Å²) in [5, 5.41) is 0.983. The number of carbonyl (C=O) groups excluding carboxylic acids is 1. The van der Waals surface area contributed by atoms with Gasteiger partial charge in [-0.3, -0.25) is 4.79 Å². The lowest BCUT2D eigenvalue weighted by atomic mass is 9.73. The second-order valence-electron chi connectivity index (χ2n) is 9.40. The van der Waals surface area contributed by atoms with Crippen molar-refractivity contribution < 1.29 is 18.7 Å². The van der Waals surface area contributed by atoms with E-state index in [4.69, 9.17) is 25.4 Å². The quantitative estimate of drug-likeness (QED) is 0.316. The lowest BCUT2D eigenvalue weighted by Crippen LogP contribution is -2.58. The predicted molar refractivity (Wildman–Crippen MR) is 131 cm³/mol. The Bertz CT molecular complexity index is 1090. The van der Waals surface area contributed by atoms with Crippen LogP contribution >= 0.6 is 0 Å². The van der Waals surface area contributed by atoms with E-state index in [-0.39, 0.29) is 13.3 Å². The van der Waals surface area contributed by atoms with E-state index in [1.807, 2.05) is 24.3 Å². The fraction of sp³-hybridized carbons (Fsp3) is 0.500. The van der Waals surface area contributed by atoms with Crippen LogP contribution in [0.3, 0.4) is 0 Å². The molecule has 0 aliphatic rings. The van der Waals surface area contributed by atoms with Crippen molar-refractivity contribution in [1.82, 2.24) is 4.57 Å². The number of nitrogens with zero attached hydrogens (tertiary/aromatic N) is 1. The van der Waals surface area contributed by atoms with Crippen LogP contribution in [0.15, 0.2) is 40.9 Å². The molecular formula is C26H37N3O4. The number of fused-ring (bicyclic) bond motifs is 1. The van der Waals surface area contributed by atoms with E-state index in [9.17, 15) is 4.79 Å². The Kier molecular flexibility index (Phi) is 7.55. The molecule has 7 nitrogen and oxygen atoms in total. The summed E-state index contributed by atoms with van der Waals surface area (Å²) in [6.07, 6.45) is 5.44. The molecule has 33 heavy (non-hydrogen) atoms. The summed E-state index contributed by atoms with van der Waals surface area (Å²) in [6, 6.07) is 9.82. The van der Waals surface area contributed by atoms with Crippen LogP contribution in [-0.4, -0.2) is 29.4 Å². The van der Waals surface area contributed by atoms with Gasteiger partial charge >= 0.3 is 5.97 Å². The SMILES string of the molecule is CCCCn1cc(CC)cc1-c1cc2ccc(OCOC(=O)C(C)(CN)C(C)(C)N)cc2o1. The molecule has 0 fully saturated rings. The first kappa shape index (κ1) is 24.9. The molecule has 0 aliphatic carbocycles. The highest BCUT2D eigenvalue weighted by Gasteiger charge is 2.45. The van der Waals surface area contributed by atoms with Gasteiger partial charge < -0.3 is 29.9 Å². The van der Waals surface area contributed by atoms with E-state index >= 15 is 0 Å². The van der Waals surface area contributed by atoms with Gasteiger partial charge in [-0.2, -0.15) is 0 Å². The second kappa shape index (κ2) is 10.0. The lowest BCUT2D eigenvalue weighted by molar-refractivity contribution is -0.164. The zero-order chi connectivity index (χ0) is 24.2. The largest absolute Gasteiger partial charge is 0.457 e. The maximum Gasteiger partial charge on any atom is 0.317 e. The average Bonchev–Trinajstić information content (AvgIpc) is 3.39. The Hall–Kier alpha value is -2.77. The maximum absolute atomic E-state index is 12.6. The molecule has 3 rings (SSSR count). The molecule has 0 spiro atoms. The van der Waals surface area contributed by atoms with Gasteiger partial charge in [0, 0.05) is 36.3 Å². The smallest absolute Gasteiger partial charge is 0.317 e. The molecule has 1 unspecified atom stereocenters. The van der Waals surface area contributed by atoms with Crippen molar-refractivity contribution in [2.75, 3.05) is 13.3 Å². The number of furan rings is 1. The number of carbonyl (C=O) groups is 1. The zero-order valence-corrected chi connectivity index (χ0v) is 20.4. The normalized spacial score (nSPS) is 13.8. The van der Waals surface area contributed by atoms with Crippen molar-refractivity contribution in [3.8, 4) is 17.2 Å². The van der Waals surface area contributed by atoms with Crippen LogP contribution in [0.4, 0.5) is 0 Å². The van der Waals surface area contributed by atoms with E-state index < -0.39 is 16.9 Å². The Morgan fingerprint density at radius 2 is 1.91 bits per heavy atom. The van der Waals surface area contributed by atoms with Crippen LogP contribution < -0.4 is 16.2 Å². The molecule has 0 aliphatic heterocycles. The molecule has 1 aromatic carbocycles. The minimum atomic E-state index is -1.01. The molecule has 1 atom stereocenters. The van der Waals surface area contributed by atoms with E-state index in [1.165, 1.54) is 5.56 Å². The first-order chi connectivity index (χ1) is 15.6. The molecule has 0 amide bonds. The van der Waals surface area contributed by atoms with Gasteiger partial charge in [0.2, 0.25) is 6.79 Å². The van der Waals surface area contributed by atoms with Crippen LogP contribution in [0.2, 0.25) is 0 Å². The van der Waals surface area contributed by atoms with Crippen molar-refractivity contribution in [3.05, 3.63) is 42.1 Å². The summed E-state index contributed by atoms with van der Waals surface area (Å²) in [7, 11) is 0. The number of aryl methyl sites for hydroxylation is 2. The molecule has 3 aromatic rings. The van der Waals surface area contributed by atoms with Crippen molar-refractivity contribution in [3.63, 3.8) is 0 Å². The molecule has 0 saturated heterocycles. The van der Waals surface area contributed by atoms with Crippen LogP contribution in [0, 0.1) is 5.41 Å². The Morgan fingerprint density at radius 3 is 2.55 bits per heavy atom. The van der Waals surface area contributed by atoms with Crippen LogP contribution in [0.5, 0.6) is 5.75 Å². The van der Waals surface area contributed by atoms with Gasteiger partial charge in [0.1, 0.15) is 11.3 Å². The Balaban J connectivity index is 1.73. The molecular weight excluding hydrogens is 418 g/mol. The Morgan fingerprint density at radius 1 is 1.15 bits per heavy atom. The summed E-state index contributed by atoms with van der Waals surface area (Å²) in [5.41, 5.74) is 13.2. The molecule has 2 heterocycles. The first-order valence-corrected chi connectivity index (χ1v) is 11.6. The van der Waals surface area contributed by atoms with Crippen molar-refractivity contribution in [2.24, 2.45) is 16.9 Å². The minimum absolute atomic E-state index is 0.0796. The number of aromatic nitrogens is 1. The molecule has 180 valence electrons. The standard InChI is InChI=1S/C26H37N3O4/c1-6-8-11-29-15-18(7-2)12-21(29)23-13-19-9-10-20(14-22(19)33-23)31-17-32-24(30)26(5,16-27)25(3,4)28/h9-10,12-15H,6-8,11,16-17,27-28H2,1-5H3. The third-order valence-corrected chi connectivity index (χ3v) is 6.55. The minimum Gasteiger partial charge on any atom is -0.457 e. The van der Waals surface area contributed by atoms with E-state index in [2.05, 4.69) is 30.7 Å². The van der Waals surface area contributed by atoms with Gasteiger partial charge in [-0.05, 0) is 63.4 Å². The molecule has 7 heteroatoms. The number of nitrogens with two attached hydrogens (primary N) is 2. The second-order valence-corrected chi connectivity index (χ2v) is 9.40. The number of rotatable bonds is 11. The first-order valence-electron chi connectivity index (χ1n) is 11.6. The summed E-state index contributed by atoms with van der Waals surface area (Å²) in [4.78, 5) is 12.6. The third-order valence-electron chi connectivity index (χ3n) is 6.55. The van der Waals surface area contributed by atoms with Gasteiger partial charge in [-0.1, -0.05) is 20.3 Å². The number of hydrogen-bond donors (Lipinski definition) is 2. The molecule has 0 saturated carbocycles. The van der Waals surface area contributed by atoms with Crippen molar-refractivity contribution >= 4 is 16.9 Å². The third kappa shape index (κ3) is 5.25. The average molecular weight is 456 g/mol. The topological polar surface area (TPSA) is 106 Å². The van der Waals surface area contributed by atoms with E-state index in [1.54, 1.807) is 20.8 Å². The Labute approximate surface area is 196 Å². The molecule has 0 radical (unpaired) electrons. The summed E-state index contributed by atoms with van der Waals surface area (Å²) < 4.78 is 19.4. The summed E-state index contributed by atoms with van der Waals surface area (Å²) in [5.74, 6) is 0.889. The van der Waals surface area contributed by atoms with Gasteiger partial charge in [0.25, 0.3) is 0 Å². The van der Waals surface area contributed by atoms with Crippen LogP contribution in [0.1, 0.15) is 53.0 Å². The number of benzene rings is 1. The maximum atomic E-state index is 12.6. The van der Waals surface area contributed by atoms with Gasteiger partial charge in [-0.15, -0.1) is 0 Å². The number of hydrogen-bond acceptors (Lipinski definition) is 6. The fourth-order valence-corrected chi connectivity index (χ4v) is 3.63. The van der Waals surface area contributed by atoms with E-state index in [0.29, 0.717) is 11.3 Å². The number of unbranched alkanes of at least 4 members (excludes halogenated alkanes) is 1. The monoisotopic (exact) mass is 455 g/mol. The molecule has 2 aromatic heterocycles. The molecule has 4 N–H and O–H groups in total. The van der Waals surface area contributed by atoms with Crippen molar-refractivity contribution in [2.45, 2.75) is 66.0 Å². The fourth-order valence-electron chi connectivity index (χ4n) is 3.63. The highest BCUT2D eigenvalue weighted by atomic mass is 16.7. The summed E-state index contributed by atoms with van der Waals surface area (Å²) >= 11 is 0. The highest BCUT2D eigenvalue weighted by Crippen LogP contribution is 2.32. The predicted octanol–water partition coefficient (Wildman–Crippen LogP) is 4.85. The van der Waals surface area contributed by atoms with Crippen molar-refractivity contribution in [1.29, 1.82) is 0 Å². The molecule has 0 bridgehead atoms. The lowest BCUT2D eigenvalue weighted by Gasteiger charge is -2.38. The van der Waals surface area contributed by atoms with E-state index in [0.717, 1.165) is 42.6 Å². The number of esters is 1. The zero-order valence-electron chi connectivity index (χ0n) is 20.4. The number of ether oxygens (including phenoxy) is 2. The highest BCUT2D eigenvalue weighted by molar-refractivity contribution is 5.83. The van der Waals surface area contributed by atoms with Crippen LogP contribution in [-0.2, 0) is 22.5 Å². The summed E-state index contributed by atoms with van der Waals surface area (Å²) in [6.45, 7) is 10.4. The van der Waals surface area contributed by atoms with Gasteiger partial charge in [0.15, 0.2) is 5.76 Å². The van der Waals surface area contributed by atoms with Crippen LogP contribution in [0.25, 0.3) is 22.4 Å².